The van der Waals surface area contributed by atoms with E-state index in [0.29, 0.717) is 6.61 Å². The summed E-state index contributed by atoms with van der Waals surface area (Å²) in [4.78, 5) is 12.3. The van der Waals surface area contributed by atoms with Crippen molar-refractivity contribution in [3.05, 3.63) is 29.8 Å². The van der Waals surface area contributed by atoms with E-state index in [-0.39, 0.29) is 18.1 Å². The average molecular weight is 304 g/mol. The van der Waals surface area contributed by atoms with Crippen molar-refractivity contribution in [2.24, 2.45) is 0 Å². The number of rotatable bonds is 2. The summed E-state index contributed by atoms with van der Waals surface area (Å²) in [7, 11) is 0. The quantitative estimate of drug-likeness (QED) is 0.786. The Labute approximate surface area is 131 Å². The number of carbonyl (C=O) groups excluding carboxylic acids is 1. The maximum absolute atomic E-state index is 12.3. The first kappa shape index (κ1) is 15.2. The van der Waals surface area contributed by atoms with E-state index in [0.717, 1.165) is 49.8 Å². The van der Waals surface area contributed by atoms with Gasteiger partial charge in [0.2, 0.25) is 0 Å². The molecule has 3 unspecified atom stereocenters. The Hall–Kier alpha value is -1.75. The van der Waals surface area contributed by atoms with Gasteiger partial charge in [0.05, 0.1) is 24.8 Å². The third kappa shape index (κ3) is 3.53. The summed E-state index contributed by atoms with van der Waals surface area (Å²) in [5, 5.41) is 15.9. The summed E-state index contributed by atoms with van der Waals surface area (Å²) in [6.07, 6.45) is 5.05. The normalized spacial score (nSPS) is 28.0. The molecule has 1 fully saturated rings. The van der Waals surface area contributed by atoms with Crippen LogP contribution in [0.4, 0.5) is 4.79 Å². The number of urea groups is 1. The van der Waals surface area contributed by atoms with Crippen molar-refractivity contribution in [2.75, 3.05) is 6.61 Å². The molecule has 3 N–H and O–H groups in total. The molecule has 22 heavy (non-hydrogen) atoms. The Bertz CT molecular complexity index is 520. The zero-order chi connectivity index (χ0) is 15.4. The molecule has 0 radical (unpaired) electrons. The Kier molecular flexibility index (Phi) is 4.83. The summed E-state index contributed by atoms with van der Waals surface area (Å²) in [5.41, 5.74) is 1.03. The van der Waals surface area contributed by atoms with Gasteiger partial charge in [-0.05, 0) is 31.7 Å². The van der Waals surface area contributed by atoms with E-state index in [1.54, 1.807) is 0 Å². The second-order valence-electron chi connectivity index (χ2n) is 6.16. The minimum atomic E-state index is -0.427. The molecule has 0 bridgehead atoms. The van der Waals surface area contributed by atoms with Crippen molar-refractivity contribution < 1.29 is 14.6 Å². The summed E-state index contributed by atoms with van der Waals surface area (Å²) < 4.78 is 5.72. The molecule has 0 saturated heterocycles. The third-order valence-electron chi connectivity index (χ3n) is 4.54. The fourth-order valence-electron chi connectivity index (χ4n) is 3.32. The minimum absolute atomic E-state index is 0.0422. The number of benzene rings is 1. The lowest BCUT2D eigenvalue weighted by Crippen LogP contribution is -2.49. The SMILES string of the molecule is O=C(NC1CCCOc2ccccc21)NC1CCCCC1O. The van der Waals surface area contributed by atoms with Crippen LogP contribution in [-0.2, 0) is 0 Å². The van der Waals surface area contributed by atoms with Crippen molar-refractivity contribution in [3.63, 3.8) is 0 Å². The monoisotopic (exact) mass is 304 g/mol. The van der Waals surface area contributed by atoms with Crippen LogP contribution in [0.3, 0.4) is 0 Å². The maximum Gasteiger partial charge on any atom is 0.315 e. The molecule has 1 aliphatic carbocycles. The molecule has 1 aliphatic heterocycles. The predicted molar refractivity (Wildman–Crippen MR) is 83.8 cm³/mol. The molecule has 120 valence electrons. The number of amides is 2. The van der Waals surface area contributed by atoms with Crippen LogP contribution >= 0.6 is 0 Å². The summed E-state index contributed by atoms with van der Waals surface area (Å²) in [5.74, 6) is 0.850. The first-order valence-corrected chi connectivity index (χ1v) is 8.21. The molecular weight excluding hydrogens is 280 g/mol. The van der Waals surface area contributed by atoms with Gasteiger partial charge < -0.3 is 20.5 Å². The van der Waals surface area contributed by atoms with Gasteiger partial charge >= 0.3 is 6.03 Å². The highest BCUT2D eigenvalue weighted by Crippen LogP contribution is 2.31. The van der Waals surface area contributed by atoms with Crippen molar-refractivity contribution in [2.45, 2.75) is 56.7 Å². The number of aliphatic hydroxyl groups excluding tert-OH is 1. The number of hydrogen-bond donors (Lipinski definition) is 3. The molecular formula is C17H24N2O3. The van der Waals surface area contributed by atoms with Gasteiger partial charge in [0.25, 0.3) is 0 Å². The topological polar surface area (TPSA) is 70.6 Å². The summed E-state index contributed by atoms with van der Waals surface area (Å²) >= 11 is 0. The number of hydrogen-bond acceptors (Lipinski definition) is 3. The molecule has 5 heteroatoms. The van der Waals surface area contributed by atoms with E-state index in [4.69, 9.17) is 4.74 Å². The fraction of sp³-hybridized carbons (Fsp3) is 0.588. The molecule has 1 aromatic carbocycles. The molecule has 1 aromatic rings. The second kappa shape index (κ2) is 7.01. The van der Waals surface area contributed by atoms with E-state index >= 15 is 0 Å². The molecule has 3 atom stereocenters. The molecule has 3 rings (SSSR count). The lowest BCUT2D eigenvalue weighted by molar-refractivity contribution is 0.0940. The number of ether oxygens (including phenoxy) is 1. The highest BCUT2D eigenvalue weighted by atomic mass is 16.5. The molecule has 1 saturated carbocycles. The smallest absolute Gasteiger partial charge is 0.315 e. The van der Waals surface area contributed by atoms with Crippen LogP contribution in [0, 0.1) is 0 Å². The summed E-state index contributed by atoms with van der Waals surface area (Å²) in [6.45, 7) is 0.679. The molecule has 0 aromatic heterocycles. The largest absolute Gasteiger partial charge is 0.493 e. The first-order chi connectivity index (χ1) is 10.7. The number of nitrogens with one attached hydrogen (secondary N) is 2. The molecule has 1 heterocycles. The molecule has 0 spiro atoms. The maximum atomic E-state index is 12.3. The van der Waals surface area contributed by atoms with Gasteiger partial charge in [-0.15, -0.1) is 0 Å². The van der Waals surface area contributed by atoms with Crippen molar-refractivity contribution in [1.82, 2.24) is 10.6 Å². The van der Waals surface area contributed by atoms with Gasteiger partial charge in [-0.1, -0.05) is 31.0 Å². The molecule has 2 amide bonds. The Morgan fingerprint density at radius 3 is 2.77 bits per heavy atom. The van der Waals surface area contributed by atoms with E-state index in [1.165, 1.54) is 0 Å². The van der Waals surface area contributed by atoms with Crippen LogP contribution in [0.1, 0.15) is 50.1 Å². The number of aliphatic hydroxyl groups is 1. The van der Waals surface area contributed by atoms with Crippen molar-refractivity contribution >= 4 is 6.03 Å². The summed E-state index contributed by atoms with van der Waals surface area (Å²) in [6, 6.07) is 7.47. The average Bonchev–Trinajstić information content (AvgIpc) is 2.72. The molecule has 5 nitrogen and oxygen atoms in total. The molecule has 2 aliphatic rings. The standard InChI is InChI=1S/C17H24N2O3/c20-15-9-3-2-7-14(15)19-17(21)18-13-8-5-11-22-16-10-4-1-6-12(13)16/h1,4,6,10,13-15,20H,2-3,5,7-9,11H2,(H2,18,19,21). The predicted octanol–water partition coefficient (Wildman–Crippen LogP) is 2.50. The van der Waals surface area contributed by atoms with Gasteiger partial charge in [-0.25, -0.2) is 4.79 Å². The number of carbonyl (C=O) groups is 1. The number of para-hydroxylation sites is 1. The zero-order valence-corrected chi connectivity index (χ0v) is 12.8. The van der Waals surface area contributed by atoms with E-state index in [9.17, 15) is 9.90 Å². The minimum Gasteiger partial charge on any atom is -0.493 e. The van der Waals surface area contributed by atoms with Gasteiger partial charge in [-0.2, -0.15) is 0 Å². The highest BCUT2D eigenvalue weighted by Gasteiger charge is 2.26. The first-order valence-electron chi connectivity index (χ1n) is 8.21. The zero-order valence-electron chi connectivity index (χ0n) is 12.8. The second-order valence-corrected chi connectivity index (χ2v) is 6.16. The Morgan fingerprint density at radius 1 is 1.09 bits per heavy atom. The van der Waals surface area contributed by atoms with Gasteiger partial charge in [0.1, 0.15) is 5.75 Å². The van der Waals surface area contributed by atoms with Crippen LogP contribution in [0.2, 0.25) is 0 Å². The van der Waals surface area contributed by atoms with E-state index in [2.05, 4.69) is 10.6 Å². The van der Waals surface area contributed by atoms with Gasteiger partial charge in [0, 0.05) is 5.56 Å². The fourth-order valence-corrected chi connectivity index (χ4v) is 3.32. The Morgan fingerprint density at radius 2 is 1.91 bits per heavy atom. The lowest BCUT2D eigenvalue weighted by atomic mass is 9.93. The van der Waals surface area contributed by atoms with Gasteiger partial charge in [-0.3, -0.25) is 0 Å². The van der Waals surface area contributed by atoms with Crippen LogP contribution < -0.4 is 15.4 Å². The van der Waals surface area contributed by atoms with E-state index < -0.39 is 6.10 Å². The van der Waals surface area contributed by atoms with Crippen molar-refractivity contribution in [1.29, 1.82) is 0 Å². The van der Waals surface area contributed by atoms with E-state index in [1.807, 2.05) is 24.3 Å². The van der Waals surface area contributed by atoms with Crippen LogP contribution in [0.15, 0.2) is 24.3 Å². The van der Waals surface area contributed by atoms with Crippen LogP contribution in [0.5, 0.6) is 5.75 Å². The number of fused-ring (bicyclic) bond motifs is 1. The van der Waals surface area contributed by atoms with Gasteiger partial charge in [0.15, 0.2) is 0 Å². The lowest BCUT2D eigenvalue weighted by Gasteiger charge is -2.29. The van der Waals surface area contributed by atoms with Crippen molar-refractivity contribution in [3.8, 4) is 5.75 Å². The van der Waals surface area contributed by atoms with Crippen LogP contribution in [0.25, 0.3) is 0 Å². The Balaban J connectivity index is 1.63. The van der Waals surface area contributed by atoms with Crippen LogP contribution in [-0.4, -0.2) is 29.9 Å². The highest BCUT2D eigenvalue weighted by molar-refractivity contribution is 5.75. The third-order valence-corrected chi connectivity index (χ3v) is 4.54.